The van der Waals surface area contributed by atoms with Crippen LogP contribution in [0.3, 0.4) is 0 Å². The Balaban J connectivity index is 2.34. The Morgan fingerprint density at radius 1 is 1.57 bits per heavy atom. The van der Waals surface area contributed by atoms with Crippen LogP contribution < -0.4 is 5.32 Å². The summed E-state index contributed by atoms with van der Waals surface area (Å²) in [6.07, 6.45) is 1.25. The third-order valence-corrected chi connectivity index (χ3v) is 4.77. The van der Waals surface area contributed by atoms with E-state index in [1.54, 1.807) is 11.1 Å². The van der Waals surface area contributed by atoms with Crippen molar-refractivity contribution in [2.75, 3.05) is 6.54 Å². The largest absolute Gasteiger partial charge is 0.465 e. The van der Waals surface area contributed by atoms with Gasteiger partial charge in [0.25, 0.3) is 0 Å². The number of nitrogens with one attached hydrogen (secondary N) is 2. The van der Waals surface area contributed by atoms with Gasteiger partial charge in [-0.05, 0) is 41.1 Å². The van der Waals surface area contributed by atoms with Gasteiger partial charge in [0, 0.05) is 6.54 Å². The van der Waals surface area contributed by atoms with Gasteiger partial charge in [0.05, 0.1) is 11.7 Å². The van der Waals surface area contributed by atoms with Crippen LogP contribution in [0.4, 0.5) is 4.79 Å². The monoisotopic (exact) mass is 386 g/mol. The summed E-state index contributed by atoms with van der Waals surface area (Å²) >= 11 is 3.35. The fourth-order valence-electron chi connectivity index (χ4n) is 3.31. The number of hydrogen-bond donors (Lipinski definition) is 3. The molecule has 1 saturated heterocycles. The maximum Gasteiger partial charge on any atom is 0.405 e. The highest BCUT2D eigenvalue weighted by molar-refractivity contribution is 9.10. The molecular formula is C15H23BrN4O3. The Kier molecular flexibility index (Phi) is 5.03. The molecule has 0 bridgehead atoms. The lowest BCUT2D eigenvalue weighted by molar-refractivity contribution is -0.138. The maximum atomic E-state index is 13.0. The van der Waals surface area contributed by atoms with E-state index in [0.29, 0.717) is 18.3 Å². The molecule has 1 aliphatic rings. The van der Waals surface area contributed by atoms with E-state index in [1.165, 1.54) is 0 Å². The number of H-pyrrole nitrogens is 1. The Hall–Kier alpha value is -1.57. The first-order chi connectivity index (χ1) is 10.6. The van der Waals surface area contributed by atoms with E-state index in [1.807, 2.05) is 20.8 Å². The van der Waals surface area contributed by atoms with E-state index in [-0.39, 0.29) is 11.8 Å². The van der Waals surface area contributed by atoms with Crippen LogP contribution in [0, 0.1) is 11.8 Å². The molecule has 7 nitrogen and oxygen atoms in total. The number of hydrogen-bond acceptors (Lipinski definition) is 3. The molecule has 1 fully saturated rings. The maximum absolute atomic E-state index is 13.0. The second-order valence-corrected chi connectivity index (χ2v) is 7.64. The zero-order valence-electron chi connectivity index (χ0n) is 13.8. The molecule has 1 aromatic heterocycles. The SMILES string of the molecule is CC(C)[C@H](NC(=O)O)C(=O)N1C[C@@H](C)C[C@@]1(C)c1ncc(Br)[nH]1. The Morgan fingerprint density at radius 3 is 2.70 bits per heavy atom. The second kappa shape index (κ2) is 6.51. The number of carbonyl (C=O) groups excluding carboxylic acids is 1. The fraction of sp³-hybridized carbons (Fsp3) is 0.667. The number of amides is 2. The zero-order chi connectivity index (χ0) is 17.4. The van der Waals surface area contributed by atoms with Crippen LogP contribution in [-0.2, 0) is 10.3 Å². The molecule has 0 spiro atoms. The Bertz CT molecular complexity index is 603. The normalized spacial score (nSPS) is 25.7. The van der Waals surface area contributed by atoms with Crippen molar-refractivity contribution in [3.63, 3.8) is 0 Å². The molecule has 1 aliphatic heterocycles. The lowest BCUT2D eigenvalue weighted by atomic mass is 9.93. The van der Waals surface area contributed by atoms with Crippen molar-refractivity contribution in [3.8, 4) is 0 Å². The molecule has 0 radical (unpaired) electrons. The van der Waals surface area contributed by atoms with Gasteiger partial charge in [0.15, 0.2) is 0 Å². The number of likely N-dealkylation sites (tertiary alicyclic amines) is 1. The molecule has 0 aliphatic carbocycles. The zero-order valence-corrected chi connectivity index (χ0v) is 15.3. The van der Waals surface area contributed by atoms with E-state index in [2.05, 4.69) is 38.1 Å². The molecular weight excluding hydrogens is 364 g/mol. The van der Waals surface area contributed by atoms with E-state index in [4.69, 9.17) is 5.11 Å². The average molecular weight is 387 g/mol. The van der Waals surface area contributed by atoms with Crippen molar-refractivity contribution < 1.29 is 14.7 Å². The molecule has 2 amide bonds. The van der Waals surface area contributed by atoms with Crippen LogP contribution in [0.15, 0.2) is 10.8 Å². The molecule has 3 atom stereocenters. The third-order valence-electron chi connectivity index (χ3n) is 4.37. The summed E-state index contributed by atoms with van der Waals surface area (Å²) in [5, 5.41) is 11.4. The van der Waals surface area contributed by atoms with E-state index >= 15 is 0 Å². The molecule has 2 rings (SSSR count). The number of imidazole rings is 1. The molecule has 0 unspecified atom stereocenters. The van der Waals surface area contributed by atoms with E-state index in [0.717, 1.165) is 11.0 Å². The first-order valence-electron chi connectivity index (χ1n) is 7.67. The van der Waals surface area contributed by atoms with Crippen molar-refractivity contribution in [3.05, 3.63) is 16.6 Å². The van der Waals surface area contributed by atoms with Gasteiger partial charge in [-0.15, -0.1) is 0 Å². The Morgan fingerprint density at radius 2 is 2.22 bits per heavy atom. The highest BCUT2D eigenvalue weighted by Gasteiger charge is 2.48. The highest BCUT2D eigenvalue weighted by atomic mass is 79.9. The van der Waals surface area contributed by atoms with Crippen LogP contribution in [-0.4, -0.2) is 44.6 Å². The van der Waals surface area contributed by atoms with Gasteiger partial charge in [-0.25, -0.2) is 9.78 Å². The van der Waals surface area contributed by atoms with E-state index < -0.39 is 17.7 Å². The van der Waals surface area contributed by atoms with E-state index in [9.17, 15) is 9.59 Å². The standard InChI is InChI=1S/C15H23BrN4O3/c1-8(2)11(19-14(22)23)12(21)20-7-9(3)5-15(20,4)13-17-6-10(16)18-13/h6,8-9,11,19H,5,7H2,1-4H3,(H,17,18)(H,22,23)/t9-,11-,15-/m0/s1. The number of carbonyl (C=O) groups is 2. The summed E-state index contributed by atoms with van der Waals surface area (Å²) in [5.74, 6) is 0.675. The van der Waals surface area contributed by atoms with Gasteiger partial charge in [-0.2, -0.15) is 0 Å². The van der Waals surface area contributed by atoms with Crippen LogP contribution in [0.5, 0.6) is 0 Å². The highest BCUT2D eigenvalue weighted by Crippen LogP contribution is 2.40. The number of nitrogens with zero attached hydrogens (tertiary/aromatic N) is 2. The summed E-state index contributed by atoms with van der Waals surface area (Å²) in [4.78, 5) is 33.3. The molecule has 3 N–H and O–H groups in total. The predicted octanol–water partition coefficient (Wildman–Crippen LogP) is 2.55. The smallest absolute Gasteiger partial charge is 0.405 e. The second-order valence-electron chi connectivity index (χ2n) is 6.78. The lowest BCUT2D eigenvalue weighted by Crippen LogP contribution is -2.55. The third kappa shape index (κ3) is 3.52. The molecule has 0 aromatic carbocycles. The summed E-state index contributed by atoms with van der Waals surface area (Å²) in [6, 6.07) is -0.768. The van der Waals surface area contributed by atoms with Crippen molar-refractivity contribution in [1.29, 1.82) is 0 Å². The average Bonchev–Trinajstić information content (AvgIpc) is 2.99. The number of rotatable bonds is 4. The van der Waals surface area contributed by atoms with Crippen LogP contribution >= 0.6 is 15.9 Å². The summed E-state index contributed by atoms with van der Waals surface area (Å²) in [5.41, 5.74) is -0.574. The number of aromatic amines is 1. The molecule has 23 heavy (non-hydrogen) atoms. The van der Waals surface area contributed by atoms with Crippen LogP contribution in [0.1, 0.15) is 39.9 Å². The summed E-state index contributed by atoms with van der Waals surface area (Å²) in [7, 11) is 0. The first kappa shape index (κ1) is 17.8. The minimum absolute atomic E-state index is 0.137. The van der Waals surface area contributed by atoms with Gasteiger partial charge in [0.2, 0.25) is 5.91 Å². The Labute approximate surface area is 144 Å². The van der Waals surface area contributed by atoms with Gasteiger partial charge < -0.3 is 20.3 Å². The molecule has 1 aromatic rings. The van der Waals surface area contributed by atoms with Gasteiger partial charge >= 0.3 is 6.09 Å². The number of carboxylic acid groups (broad SMARTS) is 1. The topological polar surface area (TPSA) is 98.3 Å². The molecule has 2 heterocycles. The minimum atomic E-state index is -1.19. The number of aromatic nitrogens is 2. The molecule has 0 saturated carbocycles. The van der Waals surface area contributed by atoms with Crippen molar-refractivity contribution in [1.82, 2.24) is 20.2 Å². The van der Waals surface area contributed by atoms with Crippen molar-refractivity contribution in [2.45, 2.75) is 45.7 Å². The van der Waals surface area contributed by atoms with Crippen molar-refractivity contribution in [2.24, 2.45) is 11.8 Å². The number of halogens is 1. The van der Waals surface area contributed by atoms with Crippen LogP contribution in [0.2, 0.25) is 0 Å². The quantitative estimate of drug-likeness (QED) is 0.740. The first-order valence-corrected chi connectivity index (χ1v) is 8.46. The molecule has 128 valence electrons. The summed E-state index contributed by atoms with van der Waals surface area (Å²) in [6.45, 7) is 8.30. The lowest BCUT2D eigenvalue weighted by Gasteiger charge is -2.36. The molecule has 8 heteroatoms. The summed E-state index contributed by atoms with van der Waals surface area (Å²) < 4.78 is 0.754. The van der Waals surface area contributed by atoms with Gasteiger partial charge in [-0.1, -0.05) is 20.8 Å². The predicted molar refractivity (Wildman–Crippen MR) is 88.9 cm³/mol. The minimum Gasteiger partial charge on any atom is -0.465 e. The fourth-order valence-corrected chi connectivity index (χ4v) is 3.60. The van der Waals surface area contributed by atoms with Gasteiger partial charge in [0.1, 0.15) is 16.5 Å². The van der Waals surface area contributed by atoms with Crippen molar-refractivity contribution >= 4 is 27.9 Å². The van der Waals surface area contributed by atoms with Gasteiger partial charge in [-0.3, -0.25) is 4.79 Å². The van der Waals surface area contributed by atoms with Crippen LogP contribution in [0.25, 0.3) is 0 Å².